The lowest BCUT2D eigenvalue weighted by molar-refractivity contribution is 0.197. The van der Waals surface area contributed by atoms with Gasteiger partial charge in [-0.05, 0) is 44.1 Å². The zero-order valence-electron chi connectivity index (χ0n) is 11.8. The van der Waals surface area contributed by atoms with E-state index in [1.54, 1.807) is 0 Å². The van der Waals surface area contributed by atoms with Gasteiger partial charge in [-0.2, -0.15) is 0 Å². The molecular formula is C16H24N2O. The second-order valence-electron chi connectivity index (χ2n) is 6.29. The molecule has 3 nitrogen and oxygen atoms in total. The van der Waals surface area contributed by atoms with Crippen LogP contribution in [0.2, 0.25) is 0 Å². The summed E-state index contributed by atoms with van der Waals surface area (Å²) in [4.78, 5) is 6.87. The van der Waals surface area contributed by atoms with E-state index in [4.69, 9.17) is 0 Å². The third-order valence-corrected chi connectivity index (χ3v) is 5.05. The number of hydrogen-bond donors (Lipinski definition) is 1. The maximum Gasteiger partial charge on any atom is 0.134 e. The van der Waals surface area contributed by atoms with Crippen LogP contribution in [0.3, 0.4) is 0 Å². The molecule has 2 heterocycles. The number of nitrogens with zero attached hydrogens (tertiary/aromatic N) is 2. The number of aliphatic hydroxyl groups excluding tert-OH is 1. The van der Waals surface area contributed by atoms with Gasteiger partial charge in [0.2, 0.25) is 0 Å². The van der Waals surface area contributed by atoms with Crippen molar-refractivity contribution in [2.75, 3.05) is 18.0 Å². The van der Waals surface area contributed by atoms with Crippen LogP contribution < -0.4 is 4.90 Å². The summed E-state index contributed by atoms with van der Waals surface area (Å²) in [5.74, 6) is 0.991. The predicted octanol–water partition coefficient (Wildman–Crippen LogP) is 3.30. The van der Waals surface area contributed by atoms with Crippen LogP contribution in [0.15, 0.2) is 18.3 Å². The zero-order valence-corrected chi connectivity index (χ0v) is 11.8. The predicted molar refractivity (Wildman–Crippen MR) is 77.2 cm³/mol. The first-order valence-corrected chi connectivity index (χ1v) is 7.58. The monoisotopic (exact) mass is 260 g/mol. The minimum absolute atomic E-state index is 0.439. The quantitative estimate of drug-likeness (QED) is 0.886. The first kappa shape index (κ1) is 12.9. The Morgan fingerprint density at radius 2 is 1.89 bits per heavy atom. The Morgan fingerprint density at radius 1 is 1.21 bits per heavy atom. The van der Waals surface area contributed by atoms with E-state index < -0.39 is 6.10 Å². The Balaban J connectivity index is 1.75. The minimum Gasteiger partial charge on any atom is -0.389 e. The van der Waals surface area contributed by atoms with E-state index >= 15 is 0 Å². The first-order valence-electron chi connectivity index (χ1n) is 7.58. The second-order valence-corrected chi connectivity index (χ2v) is 6.29. The molecule has 3 heteroatoms. The molecule has 1 saturated carbocycles. The number of rotatable bonds is 2. The molecule has 3 rings (SSSR count). The summed E-state index contributed by atoms with van der Waals surface area (Å²) in [5.41, 5.74) is 1.60. The van der Waals surface area contributed by atoms with Crippen LogP contribution in [0.5, 0.6) is 0 Å². The number of hydrogen-bond acceptors (Lipinski definition) is 3. The van der Waals surface area contributed by atoms with Crippen LogP contribution in [0, 0.1) is 5.41 Å². The van der Waals surface area contributed by atoms with Gasteiger partial charge < -0.3 is 10.0 Å². The van der Waals surface area contributed by atoms with E-state index in [0.717, 1.165) is 24.5 Å². The van der Waals surface area contributed by atoms with Crippen molar-refractivity contribution >= 4 is 5.82 Å². The van der Waals surface area contributed by atoms with Gasteiger partial charge in [0.15, 0.2) is 0 Å². The van der Waals surface area contributed by atoms with Crippen LogP contribution in [-0.4, -0.2) is 23.2 Å². The lowest BCUT2D eigenvalue weighted by Gasteiger charge is -2.40. The molecule has 0 bridgehead atoms. The normalized spacial score (nSPS) is 23.8. The lowest BCUT2D eigenvalue weighted by Crippen LogP contribution is -2.39. The molecule has 0 radical (unpaired) electrons. The number of piperidine rings is 1. The fourth-order valence-electron chi connectivity index (χ4n) is 3.82. The van der Waals surface area contributed by atoms with Crippen LogP contribution >= 0.6 is 0 Å². The number of aliphatic hydroxyl groups is 1. The fraction of sp³-hybridized carbons (Fsp3) is 0.688. The Hall–Kier alpha value is -1.09. The molecular weight excluding hydrogens is 236 g/mol. The highest BCUT2D eigenvalue weighted by molar-refractivity contribution is 5.48. The molecule has 1 aromatic heterocycles. The Morgan fingerprint density at radius 3 is 2.53 bits per heavy atom. The molecule has 1 spiro atoms. The first-order chi connectivity index (χ1) is 9.20. The van der Waals surface area contributed by atoms with Gasteiger partial charge in [-0.1, -0.05) is 18.9 Å². The van der Waals surface area contributed by atoms with Gasteiger partial charge in [-0.25, -0.2) is 4.98 Å². The Labute approximate surface area is 115 Å². The highest BCUT2D eigenvalue weighted by atomic mass is 16.3. The molecule has 1 aliphatic carbocycles. The molecule has 104 valence electrons. The van der Waals surface area contributed by atoms with Gasteiger partial charge >= 0.3 is 0 Å². The van der Waals surface area contributed by atoms with Gasteiger partial charge in [-0.15, -0.1) is 0 Å². The van der Waals surface area contributed by atoms with Crippen molar-refractivity contribution in [1.82, 2.24) is 4.98 Å². The van der Waals surface area contributed by atoms with Crippen molar-refractivity contribution in [1.29, 1.82) is 0 Å². The van der Waals surface area contributed by atoms with Gasteiger partial charge in [0, 0.05) is 24.8 Å². The molecule has 0 aromatic carbocycles. The maximum atomic E-state index is 9.87. The zero-order chi connectivity index (χ0) is 13.3. The van der Waals surface area contributed by atoms with Crippen molar-refractivity contribution in [3.63, 3.8) is 0 Å². The third-order valence-electron chi connectivity index (χ3n) is 5.05. The SMILES string of the molecule is CC(O)c1cccnc1N1CCC2(CCCC2)CC1. The number of aromatic nitrogens is 1. The fourth-order valence-corrected chi connectivity index (χ4v) is 3.82. The molecule has 1 N–H and O–H groups in total. The van der Waals surface area contributed by atoms with Crippen molar-refractivity contribution in [3.8, 4) is 0 Å². The summed E-state index contributed by atoms with van der Waals surface area (Å²) >= 11 is 0. The van der Waals surface area contributed by atoms with Crippen LogP contribution in [-0.2, 0) is 0 Å². The van der Waals surface area contributed by atoms with Crippen LogP contribution in [0.1, 0.15) is 57.1 Å². The summed E-state index contributed by atoms with van der Waals surface area (Å²) in [7, 11) is 0. The summed E-state index contributed by atoms with van der Waals surface area (Å²) < 4.78 is 0. The van der Waals surface area contributed by atoms with E-state index in [2.05, 4.69) is 9.88 Å². The average molecular weight is 260 g/mol. The summed E-state index contributed by atoms with van der Waals surface area (Å²) in [6.07, 6.45) is 9.67. The molecule has 2 aliphatic rings. The third kappa shape index (κ3) is 2.48. The summed E-state index contributed by atoms with van der Waals surface area (Å²) in [6.45, 7) is 4.01. The van der Waals surface area contributed by atoms with E-state index in [1.807, 2.05) is 25.3 Å². The summed E-state index contributed by atoms with van der Waals surface area (Å²) in [5, 5.41) is 9.87. The van der Waals surface area contributed by atoms with Gasteiger partial charge in [0.25, 0.3) is 0 Å². The standard InChI is InChI=1S/C16H24N2O/c1-13(19)14-5-4-10-17-15(14)18-11-8-16(9-12-18)6-2-3-7-16/h4-5,10,13,19H,2-3,6-9,11-12H2,1H3. The lowest BCUT2D eigenvalue weighted by atomic mass is 9.77. The van der Waals surface area contributed by atoms with Gasteiger partial charge in [0.05, 0.1) is 6.10 Å². The van der Waals surface area contributed by atoms with Crippen molar-refractivity contribution < 1.29 is 5.11 Å². The van der Waals surface area contributed by atoms with Gasteiger partial charge in [0.1, 0.15) is 5.82 Å². The topological polar surface area (TPSA) is 36.4 Å². The van der Waals surface area contributed by atoms with E-state index in [9.17, 15) is 5.11 Å². The highest BCUT2D eigenvalue weighted by Gasteiger charge is 2.37. The van der Waals surface area contributed by atoms with E-state index in [-0.39, 0.29) is 0 Å². The largest absolute Gasteiger partial charge is 0.389 e. The van der Waals surface area contributed by atoms with Crippen LogP contribution in [0.4, 0.5) is 5.82 Å². The average Bonchev–Trinajstić information content (AvgIpc) is 2.88. The van der Waals surface area contributed by atoms with E-state index in [0.29, 0.717) is 5.41 Å². The number of anilines is 1. The smallest absolute Gasteiger partial charge is 0.134 e. The Bertz CT molecular complexity index is 428. The Kier molecular flexibility index (Phi) is 3.48. The molecule has 0 amide bonds. The molecule has 2 fully saturated rings. The van der Waals surface area contributed by atoms with Crippen molar-refractivity contribution in [2.24, 2.45) is 5.41 Å². The molecule has 1 aromatic rings. The highest BCUT2D eigenvalue weighted by Crippen LogP contribution is 2.46. The molecule has 1 unspecified atom stereocenters. The number of pyridine rings is 1. The molecule has 1 aliphatic heterocycles. The van der Waals surface area contributed by atoms with Gasteiger partial charge in [-0.3, -0.25) is 0 Å². The molecule has 1 atom stereocenters. The van der Waals surface area contributed by atoms with Crippen molar-refractivity contribution in [2.45, 2.75) is 51.6 Å². The molecule has 1 saturated heterocycles. The maximum absolute atomic E-state index is 9.87. The summed E-state index contributed by atoms with van der Waals surface area (Å²) in [6, 6.07) is 3.90. The molecule has 19 heavy (non-hydrogen) atoms. The second kappa shape index (κ2) is 5.12. The van der Waals surface area contributed by atoms with Crippen LogP contribution in [0.25, 0.3) is 0 Å². The van der Waals surface area contributed by atoms with Crippen molar-refractivity contribution in [3.05, 3.63) is 23.9 Å². The van der Waals surface area contributed by atoms with E-state index in [1.165, 1.54) is 38.5 Å². The minimum atomic E-state index is -0.439.